The van der Waals surface area contributed by atoms with Crippen LogP contribution in [0.5, 0.6) is 5.75 Å². The lowest BCUT2D eigenvalue weighted by Crippen LogP contribution is -2.51. The van der Waals surface area contributed by atoms with Crippen LogP contribution < -0.4 is 14.4 Å². The van der Waals surface area contributed by atoms with E-state index in [4.69, 9.17) is 4.74 Å². The maximum atomic E-state index is 13.5. The molecule has 0 unspecified atom stereocenters. The fraction of sp³-hybridized carbons (Fsp3) is 0.400. The first-order valence-corrected chi connectivity index (χ1v) is 13.1. The lowest BCUT2D eigenvalue weighted by molar-refractivity contribution is -0.139. The molecule has 1 N–H and O–H groups in total. The van der Waals surface area contributed by atoms with Crippen molar-refractivity contribution in [2.45, 2.75) is 39.8 Å². The van der Waals surface area contributed by atoms with Crippen molar-refractivity contribution < 1.29 is 27.5 Å². The van der Waals surface area contributed by atoms with Crippen molar-refractivity contribution in [3.05, 3.63) is 59.7 Å². The van der Waals surface area contributed by atoms with Gasteiger partial charge in [0.25, 0.3) is 0 Å². The second kappa shape index (κ2) is 12.3. The number of benzene rings is 2. The largest absolute Gasteiger partial charge is 0.497 e. The Labute approximate surface area is 207 Å². The molecule has 0 radical (unpaired) electrons. The van der Waals surface area contributed by atoms with E-state index >= 15 is 0 Å². The van der Waals surface area contributed by atoms with Crippen LogP contribution in [0.25, 0.3) is 0 Å². The molecule has 0 spiro atoms. The zero-order valence-corrected chi connectivity index (χ0v) is 21.6. The predicted molar refractivity (Wildman–Crippen MR) is 135 cm³/mol. The van der Waals surface area contributed by atoms with Gasteiger partial charge in [0.1, 0.15) is 18.3 Å². The van der Waals surface area contributed by atoms with Crippen molar-refractivity contribution in [2.24, 2.45) is 0 Å². The van der Waals surface area contributed by atoms with Crippen LogP contribution in [0.4, 0.5) is 5.69 Å². The average molecular weight is 504 g/mol. The quantitative estimate of drug-likeness (QED) is 0.446. The molecule has 10 heteroatoms. The van der Waals surface area contributed by atoms with Crippen molar-refractivity contribution in [2.75, 3.05) is 30.8 Å². The summed E-state index contributed by atoms with van der Waals surface area (Å²) in [4.78, 5) is 39.4. The second-order valence-electron chi connectivity index (χ2n) is 8.22. The molecule has 0 bridgehead atoms. The minimum atomic E-state index is -3.88. The van der Waals surface area contributed by atoms with Crippen molar-refractivity contribution in [1.29, 1.82) is 0 Å². The summed E-state index contributed by atoms with van der Waals surface area (Å²) in [5.74, 6) is -0.539. The Balaban J connectivity index is 2.42. The number of methoxy groups -OCH3 is 1. The van der Waals surface area contributed by atoms with Crippen LogP contribution in [0.15, 0.2) is 48.5 Å². The molecule has 35 heavy (non-hydrogen) atoms. The van der Waals surface area contributed by atoms with E-state index in [2.05, 4.69) is 5.32 Å². The van der Waals surface area contributed by atoms with Crippen LogP contribution in [0.2, 0.25) is 0 Å². The number of ketones is 1. The van der Waals surface area contributed by atoms with E-state index in [9.17, 15) is 22.8 Å². The monoisotopic (exact) mass is 503 g/mol. The van der Waals surface area contributed by atoms with Gasteiger partial charge in [-0.05, 0) is 50.1 Å². The highest BCUT2D eigenvalue weighted by atomic mass is 32.2. The molecule has 0 saturated carbocycles. The van der Waals surface area contributed by atoms with Crippen molar-refractivity contribution in [3.63, 3.8) is 0 Å². The van der Waals surface area contributed by atoms with Crippen LogP contribution in [0, 0.1) is 0 Å². The number of anilines is 1. The number of nitrogens with one attached hydrogen (secondary N) is 1. The van der Waals surface area contributed by atoms with Crippen LogP contribution >= 0.6 is 0 Å². The van der Waals surface area contributed by atoms with Crippen LogP contribution in [0.1, 0.15) is 43.1 Å². The summed E-state index contributed by atoms with van der Waals surface area (Å²) in [6, 6.07) is 12.3. The zero-order valence-electron chi connectivity index (χ0n) is 20.8. The molecule has 0 saturated heterocycles. The number of sulfonamides is 1. The highest BCUT2D eigenvalue weighted by molar-refractivity contribution is 7.92. The van der Waals surface area contributed by atoms with Gasteiger partial charge >= 0.3 is 0 Å². The van der Waals surface area contributed by atoms with Gasteiger partial charge in [0, 0.05) is 18.7 Å². The van der Waals surface area contributed by atoms with Crippen LogP contribution in [-0.4, -0.2) is 63.4 Å². The number of Topliss-reactive ketones (excluding diaryl/α,β-unsaturated/α-hetero) is 1. The van der Waals surface area contributed by atoms with Crippen molar-refractivity contribution >= 4 is 33.3 Å². The molecule has 2 aromatic rings. The Kier molecular flexibility index (Phi) is 9.82. The predicted octanol–water partition coefficient (Wildman–Crippen LogP) is 2.61. The van der Waals surface area contributed by atoms with Gasteiger partial charge in [0.05, 0.1) is 19.1 Å². The molecule has 0 aromatic heterocycles. The molecule has 9 nitrogen and oxygen atoms in total. The number of hydrogen-bond donors (Lipinski definition) is 1. The Morgan fingerprint density at radius 3 is 2.37 bits per heavy atom. The first-order chi connectivity index (χ1) is 16.5. The molecule has 0 aliphatic rings. The van der Waals surface area contributed by atoms with Gasteiger partial charge in [-0.2, -0.15) is 0 Å². The minimum Gasteiger partial charge on any atom is -0.497 e. The summed E-state index contributed by atoms with van der Waals surface area (Å²) >= 11 is 0. The Bertz CT molecular complexity index is 1170. The third-order valence-electron chi connectivity index (χ3n) is 5.42. The van der Waals surface area contributed by atoms with E-state index in [-0.39, 0.29) is 23.9 Å². The fourth-order valence-electron chi connectivity index (χ4n) is 3.44. The van der Waals surface area contributed by atoms with Gasteiger partial charge in [-0.1, -0.05) is 31.2 Å². The number of carbonyl (C=O) groups is 3. The number of nitrogens with zero attached hydrogens (tertiary/aromatic N) is 2. The second-order valence-corrected chi connectivity index (χ2v) is 10.1. The summed E-state index contributed by atoms with van der Waals surface area (Å²) in [5, 5.41) is 2.78. The molecule has 0 heterocycles. The van der Waals surface area contributed by atoms with Gasteiger partial charge < -0.3 is 15.0 Å². The van der Waals surface area contributed by atoms with Gasteiger partial charge in [-0.15, -0.1) is 0 Å². The maximum absolute atomic E-state index is 13.5. The Hall–Kier alpha value is -3.40. The van der Waals surface area contributed by atoms with Gasteiger partial charge in [-0.3, -0.25) is 18.7 Å². The van der Waals surface area contributed by atoms with E-state index < -0.39 is 28.5 Å². The Morgan fingerprint density at radius 1 is 1.09 bits per heavy atom. The highest BCUT2D eigenvalue weighted by Gasteiger charge is 2.30. The molecule has 2 rings (SSSR count). The maximum Gasteiger partial charge on any atom is 0.244 e. The van der Waals surface area contributed by atoms with Gasteiger partial charge in [0.2, 0.25) is 21.8 Å². The molecule has 0 fully saturated rings. The minimum absolute atomic E-state index is 0.0713. The zero-order chi connectivity index (χ0) is 26.2. The first kappa shape index (κ1) is 27.8. The molecule has 190 valence electrons. The van der Waals surface area contributed by atoms with E-state index in [1.807, 2.05) is 6.92 Å². The molecular weight excluding hydrogens is 470 g/mol. The molecule has 2 amide bonds. The molecule has 0 aliphatic heterocycles. The lowest BCUT2D eigenvalue weighted by Gasteiger charge is -2.31. The number of ether oxygens (including phenoxy) is 1. The standard InChI is InChI=1S/C25H33N3O6S/c1-6-13-26-25(31)18(2)27(16-20-9-7-12-23(14-20)34-4)24(30)17-28(35(5,32)33)22-11-8-10-21(15-22)19(3)29/h7-12,14-15,18H,6,13,16-17H2,1-5H3,(H,26,31)/t18-/m1/s1. The average Bonchev–Trinajstić information content (AvgIpc) is 2.83. The van der Waals surface area contributed by atoms with E-state index in [1.165, 1.54) is 31.1 Å². The van der Waals surface area contributed by atoms with Crippen molar-refractivity contribution in [3.8, 4) is 5.75 Å². The number of hydrogen-bond acceptors (Lipinski definition) is 6. The number of rotatable bonds is 12. The van der Waals surface area contributed by atoms with Gasteiger partial charge in [-0.25, -0.2) is 8.42 Å². The molecule has 0 aliphatic carbocycles. The van der Waals surface area contributed by atoms with Crippen molar-refractivity contribution in [1.82, 2.24) is 10.2 Å². The smallest absolute Gasteiger partial charge is 0.244 e. The van der Waals surface area contributed by atoms with Crippen LogP contribution in [0.3, 0.4) is 0 Å². The topological polar surface area (TPSA) is 113 Å². The van der Waals surface area contributed by atoms with E-state index in [0.717, 1.165) is 22.5 Å². The highest BCUT2D eigenvalue weighted by Crippen LogP contribution is 2.21. The SMILES string of the molecule is CCCNC(=O)[C@@H](C)N(Cc1cccc(OC)c1)C(=O)CN(c1cccc(C(C)=O)c1)S(C)(=O)=O. The van der Waals surface area contributed by atoms with E-state index in [1.54, 1.807) is 43.3 Å². The summed E-state index contributed by atoms with van der Waals surface area (Å²) < 4.78 is 31.5. The number of amides is 2. The van der Waals surface area contributed by atoms with Gasteiger partial charge in [0.15, 0.2) is 5.78 Å². The third-order valence-corrected chi connectivity index (χ3v) is 6.56. The molecular formula is C25H33N3O6S. The third kappa shape index (κ3) is 7.81. The first-order valence-electron chi connectivity index (χ1n) is 11.3. The molecule has 2 aromatic carbocycles. The summed E-state index contributed by atoms with van der Waals surface area (Å²) in [5.41, 5.74) is 1.24. The lowest BCUT2D eigenvalue weighted by atomic mass is 10.1. The van der Waals surface area contributed by atoms with E-state index in [0.29, 0.717) is 17.9 Å². The number of carbonyl (C=O) groups excluding carboxylic acids is 3. The fourth-order valence-corrected chi connectivity index (χ4v) is 4.28. The summed E-state index contributed by atoms with van der Waals surface area (Å²) in [6.45, 7) is 4.89. The summed E-state index contributed by atoms with van der Waals surface area (Å²) in [6.07, 6.45) is 1.72. The van der Waals surface area contributed by atoms with Crippen LogP contribution in [-0.2, 0) is 26.2 Å². The normalized spacial score (nSPS) is 11.9. The Morgan fingerprint density at radius 2 is 1.77 bits per heavy atom. The summed E-state index contributed by atoms with van der Waals surface area (Å²) in [7, 11) is -2.35. The molecule has 1 atom stereocenters.